The minimum absolute atomic E-state index is 0. The molecular formula is C11H15OY-. The maximum Gasteiger partial charge on any atom is 0.0263 e. The Morgan fingerprint density at radius 1 is 1.23 bits per heavy atom. The van der Waals surface area contributed by atoms with Crippen molar-refractivity contribution >= 4 is 0 Å². The van der Waals surface area contributed by atoms with Gasteiger partial charge in [0.15, 0.2) is 0 Å². The fourth-order valence-corrected chi connectivity index (χ4v) is 1.22. The summed E-state index contributed by atoms with van der Waals surface area (Å²) in [4.78, 5) is 0. The van der Waals surface area contributed by atoms with Crippen molar-refractivity contribution in [2.45, 2.75) is 19.8 Å². The molecule has 1 rings (SSSR count). The zero-order valence-electron chi connectivity index (χ0n) is 8.29. The van der Waals surface area contributed by atoms with Crippen LogP contribution in [0.25, 0.3) is 0 Å². The van der Waals surface area contributed by atoms with Gasteiger partial charge in [-0.1, -0.05) is 31.9 Å². The van der Waals surface area contributed by atoms with E-state index in [9.17, 15) is 0 Å². The molecule has 0 unspecified atom stereocenters. The Morgan fingerprint density at radius 2 is 1.85 bits per heavy atom. The molecule has 0 aliphatic heterocycles. The van der Waals surface area contributed by atoms with Crippen molar-refractivity contribution in [2.75, 3.05) is 7.11 Å². The first-order valence-corrected chi connectivity index (χ1v) is 4.33. The van der Waals surface area contributed by atoms with Gasteiger partial charge in [0.25, 0.3) is 0 Å². The standard InChI is InChI=1S/C11H15O.Y/c1-3-7-11(12-2)10-8-5-4-6-9-10;/h4-6,8-9H,3,7H2,1-2H3;/q-1;. The van der Waals surface area contributed by atoms with Crippen LogP contribution < -0.4 is 0 Å². The largest absolute Gasteiger partial charge is 0.414 e. The van der Waals surface area contributed by atoms with Gasteiger partial charge in [-0.2, -0.15) is 17.7 Å². The first-order valence-electron chi connectivity index (χ1n) is 4.33. The van der Waals surface area contributed by atoms with Crippen LogP contribution in [0.4, 0.5) is 0 Å². The van der Waals surface area contributed by atoms with Gasteiger partial charge in [-0.05, 0) is 0 Å². The molecule has 0 heterocycles. The summed E-state index contributed by atoms with van der Waals surface area (Å²) < 4.78 is 5.29. The summed E-state index contributed by atoms with van der Waals surface area (Å²) in [5.74, 6) is 0. The number of hydrogen-bond donors (Lipinski definition) is 0. The molecule has 1 nitrogen and oxygen atoms in total. The first-order chi connectivity index (χ1) is 5.88. The molecule has 0 bridgehead atoms. The number of methoxy groups -OCH3 is 1. The zero-order chi connectivity index (χ0) is 8.81. The van der Waals surface area contributed by atoms with Crippen LogP contribution in [0.5, 0.6) is 0 Å². The Kier molecular flexibility index (Phi) is 7.64. The second kappa shape index (κ2) is 7.55. The summed E-state index contributed by atoms with van der Waals surface area (Å²) in [5, 5.41) is 0. The number of ether oxygens (including phenoxy) is 1. The van der Waals surface area contributed by atoms with Crippen molar-refractivity contribution in [1.29, 1.82) is 0 Å². The summed E-state index contributed by atoms with van der Waals surface area (Å²) in [6.07, 6.45) is 3.22. The van der Waals surface area contributed by atoms with E-state index in [0.717, 1.165) is 18.9 Å². The van der Waals surface area contributed by atoms with Gasteiger partial charge in [-0.15, -0.1) is 12.1 Å². The Hall–Kier alpha value is 0.154. The van der Waals surface area contributed by atoms with Gasteiger partial charge in [-0.25, -0.2) is 0 Å². The molecule has 13 heavy (non-hydrogen) atoms. The number of hydrogen-bond acceptors (Lipinski definition) is 1. The maximum absolute atomic E-state index is 5.29. The van der Waals surface area contributed by atoms with E-state index < -0.39 is 0 Å². The predicted octanol–water partition coefficient (Wildman–Crippen LogP) is 3.01. The third-order valence-corrected chi connectivity index (χ3v) is 1.82. The summed E-state index contributed by atoms with van der Waals surface area (Å²) in [5.41, 5.74) is 1.20. The van der Waals surface area contributed by atoms with Gasteiger partial charge >= 0.3 is 0 Å². The molecule has 1 radical (unpaired) electrons. The van der Waals surface area contributed by atoms with Crippen molar-refractivity contribution in [2.24, 2.45) is 0 Å². The average Bonchev–Trinajstić information content (AvgIpc) is 2.15. The fraction of sp³-hybridized carbons (Fsp3) is 0.364. The molecule has 0 aliphatic carbocycles. The summed E-state index contributed by atoms with van der Waals surface area (Å²) >= 11 is 0. The number of rotatable bonds is 4. The molecule has 0 atom stereocenters. The van der Waals surface area contributed by atoms with E-state index in [1.807, 2.05) is 18.2 Å². The minimum Gasteiger partial charge on any atom is -0.414 e. The molecule has 0 saturated heterocycles. The van der Waals surface area contributed by atoms with Crippen LogP contribution in [-0.4, -0.2) is 7.11 Å². The Morgan fingerprint density at radius 3 is 2.31 bits per heavy atom. The van der Waals surface area contributed by atoms with Gasteiger partial charge in [0.05, 0.1) is 0 Å². The second-order valence-electron chi connectivity index (χ2n) is 2.74. The molecule has 0 amide bonds. The average molecular weight is 252 g/mol. The van der Waals surface area contributed by atoms with Gasteiger partial charge < -0.3 is 4.74 Å². The molecule has 0 spiro atoms. The van der Waals surface area contributed by atoms with Gasteiger partial charge in [-0.3, -0.25) is 0 Å². The smallest absolute Gasteiger partial charge is 0.0263 e. The van der Waals surface area contributed by atoms with E-state index >= 15 is 0 Å². The van der Waals surface area contributed by atoms with Crippen molar-refractivity contribution in [3.05, 3.63) is 42.0 Å². The van der Waals surface area contributed by atoms with Crippen LogP contribution in [0.2, 0.25) is 0 Å². The Labute approximate surface area is 106 Å². The van der Waals surface area contributed by atoms with Crippen molar-refractivity contribution < 1.29 is 37.4 Å². The topological polar surface area (TPSA) is 9.23 Å². The van der Waals surface area contributed by atoms with E-state index in [1.54, 1.807) is 7.11 Å². The molecule has 0 fully saturated rings. The van der Waals surface area contributed by atoms with Crippen LogP contribution >= 0.6 is 0 Å². The SMILES string of the molecule is CCC[C-](OC)c1ccccc1.[Y]. The molecule has 2 heteroatoms. The summed E-state index contributed by atoms with van der Waals surface area (Å²) in [7, 11) is 1.73. The van der Waals surface area contributed by atoms with Gasteiger partial charge in [0, 0.05) is 39.8 Å². The fourth-order valence-electron chi connectivity index (χ4n) is 1.22. The number of benzene rings is 1. The van der Waals surface area contributed by atoms with E-state index in [0.29, 0.717) is 0 Å². The molecule has 1 aromatic carbocycles. The Balaban J connectivity index is 0.00000144. The monoisotopic (exact) mass is 252 g/mol. The van der Waals surface area contributed by atoms with E-state index in [1.165, 1.54) is 5.56 Å². The molecular weight excluding hydrogens is 237 g/mol. The third-order valence-electron chi connectivity index (χ3n) is 1.82. The van der Waals surface area contributed by atoms with E-state index in [2.05, 4.69) is 19.1 Å². The van der Waals surface area contributed by atoms with Crippen LogP contribution in [0, 0.1) is 6.10 Å². The maximum atomic E-state index is 5.29. The van der Waals surface area contributed by atoms with Crippen molar-refractivity contribution in [3.63, 3.8) is 0 Å². The van der Waals surface area contributed by atoms with Crippen LogP contribution in [0.15, 0.2) is 30.3 Å². The summed E-state index contributed by atoms with van der Waals surface area (Å²) in [6, 6.07) is 10.2. The Bertz CT molecular complexity index is 211. The predicted molar refractivity (Wildman–Crippen MR) is 50.7 cm³/mol. The zero-order valence-corrected chi connectivity index (χ0v) is 11.1. The quantitative estimate of drug-likeness (QED) is 0.748. The van der Waals surface area contributed by atoms with E-state index in [4.69, 9.17) is 4.74 Å². The first kappa shape index (κ1) is 13.2. The summed E-state index contributed by atoms with van der Waals surface area (Å²) in [6.45, 7) is 2.15. The van der Waals surface area contributed by atoms with Gasteiger partial charge in [0.2, 0.25) is 0 Å². The van der Waals surface area contributed by atoms with E-state index in [-0.39, 0.29) is 32.7 Å². The van der Waals surface area contributed by atoms with Crippen molar-refractivity contribution in [3.8, 4) is 0 Å². The molecule has 69 valence electrons. The van der Waals surface area contributed by atoms with Crippen LogP contribution in [-0.2, 0) is 37.4 Å². The molecule has 0 aromatic heterocycles. The van der Waals surface area contributed by atoms with Crippen LogP contribution in [0.1, 0.15) is 25.3 Å². The minimum atomic E-state index is 0. The van der Waals surface area contributed by atoms with Crippen LogP contribution in [0.3, 0.4) is 0 Å². The molecule has 0 N–H and O–H groups in total. The molecule has 0 saturated carbocycles. The molecule has 1 aromatic rings. The second-order valence-corrected chi connectivity index (χ2v) is 2.74. The third kappa shape index (κ3) is 4.26. The van der Waals surface area contributed by atoms with Crippen molar-refractivity contribution in [1.82, 2.24) is 0 Å². The molecule has 0 aliphatic rings. The normalized spacial score (nSPS) is 9.08. The van der Waals surface area contributed by atoms with Gasteiger partial charge in [0.1, 0.15) is 0 Å².